The van der Waals surface area contributed by atoms with Gasteiger partial charge in [0.15, 0.2) is 0 Å². The molecule has 0 saturated carbocycles. The van der Waals surface area contributed by atoms with Gasteiger partial charge in [0, 0.05) is 5.56 Å². The maximum absolute atomic E-state index is 6.01. The number of hydrogen-bond acceptors (Lipinski definition) is 2. The molecule has 0 unspecified atom stereocenters. The SMILES string of the molecule is C=CC1=C(/C=C\C)CN(N)c2ccccc21. The van der Waals surface area contributed by atoms with Crippen molar-refractivity contribution in [2.45, 2.75) is 6.92 Å². The Morgan fingerprint density at radius 3 is 2.81 bits per heavy atom. The van der Waals surface area contributed by atoms with Crippen LogP contribution in [-0.2, 0) is 0 Å². The Morgan fingerprint density at radius 1 is 1.38 bits per heavy atom. The van der Waals surface area contributed by atoms with Crippen molar-refractivity contribution >= 4 is 11.3 Å². The van der Waals surface area contributed by atoms with E-state index in [4.69, 9.17) is 5.84 Å². The normalized spacial score (nSPS) is 15.5. The van der Waals surface area contributed by atoms with Crippen LogP contribution in [0, 0.1) is 0 Å². The zero-order valence-electron chi connectivity index (χ0n) is 9.48. The van der Waals surface area contributed by atoms with Crippen molar-refractivity contribution in [3.63, 3.8) is 0 Å². The van der Waals surface area contributed by atoms with Gasteiger partial charge in [0.1, 0.15) is 0 Å². The third kappa shape index (κ3) is 1.68. The minimum atomic E-state index is 0.725. The number of nitrogens with zero attached hydrogens (tertiary/aromatic N) is 1. The second-order valence-corrected chi connectivity index (χ2v) is 3.79. The summed E-state index contributed by atoms with van der Waals surface area (Å²) in [7, 11) is 0. The summed E-state index contributed by atoms with van der Waals surface area (Å²) in [6, 6.07) is 8.13. The zero-order chi connectivity index (χ0) is 11.5. The van der Waals surface area contributed by atoms with Gasteiger partial charge < -0.3 is 5.01 Å². The number of anilines is 1. The number of allylic oxidation sites excluding steroid dienone is 3. The third-order valence-electron chi connectivity index (χ3n) is 2.76. The summed E-state index contributed by atoms with van der Waals surface area (Å²) in [4.78, 5) is 0. The van der Waals surface area contributed by atoms with Gasteiger partial charge in [-0.15, -0.1) is 0 Å². The molecule has 0 amide bonds. The van der Waals surface area contributed by atoms with E-state index < -0.39 is 0 Å². The third-order valence-corrected chi connectivity index (χ3v) is 2.76. The van der Waals surface area contributed by atoms with Crippen LogP contribution in [0.25, 0.3) is 5.57 Å². The summed E-state index contributed by atoms with van der Waals surface area (Å²) < 4.78 is 0. The molecule has 0 fully saturated rings. The van der Waals surface area contributed by atoms with Crippen molar-refractivity contribution in [2.24, 2.45) is 5.84 Å². The fourth-order valence-corrected chi connectivity index (χ4v) is 2.06. The van der Waals surface area contributed by atoms with Crippen molar-refractivity contribution in [2.75, 3.05) is 11.6 Å². The highest BCUT2D eigenvalue weighted by molar-refractivity contribution is 5.88. The maximum Gasteiger partial charge on any atom is 0.0599 e. The molecule has 0 bridgehead atoms. The summed E-state index contributed by atoms with van der Waals surface area (Å²) >= 11 is 0. The molecular weight excluding hydrogens is 196 g/mol. The molecule has 0 aromatic heterocycles. The van der Waals surface area contributed by atoms with E-state index in [2.05, 4.69) is 18.7 Å². The Morgan fingerprint density at radius 2 is 2.12 bits per heavy atom. The Bertz CT molecular complexity index is 469. The van der Waals surface area contributed by atoms with E-state index >= 15 is 0 Å². The van der Waals surface area contributed by atoms with Gasteiger partial charge in [-0.1, -0.05) is 43.0 Å². The number of benzene rings is 1. The molecule has 0 saturated heterocycles. The van der Waals surface area contributed by atoms with Crippen molar-refractivity contribution in [1.82, 2.24) is 0 Å². The summed E-state index contributed by atoms with van der Waals surface area (Å²) in [6.45, 7) is 6.62. The predicted octanol–water partition coefficient (Wildman–Crippen LogP) is 2.90. The summed E-state index contributed by atoms with van der Waals surface area (Å²) in [5.41, 5.74) is 4.60. The van der Waals surface area contributed by atoms with Gasteiger partial charge in [0.05, 0.1) is 12.2 Å². The summed E-state index contributed by atoms with van der Waals surface area (Å²) in [5.74, 6) is 6.01. The molecule has 0 atom stereocenters. The molecule has 1 aliphatic heterocycles. The highest BCUT2D eigenvalue weighted by Crippen LogP contribution is 2.33. The van der Waals surface area contributed by atoms with Crippen LogP contribution in [0.2, 0.25) is 0 Å². The first-order valence-electron chi connectivity index (χ1n) is 5.38. The second kappa shape index (κ2) is 4.37. The molecule has 2 heteroatoms. The van der Waals surface area contributed by atoms with Crippen molar-refractivity contribution in [1.29, 1.82) is 0 Å². The molecule has 1 aromatic rings. The van der Waals surface area contributed by atoms with E-state index in [0.717, 1.165) is 17.8 Å². The number of rotatable bonds is 2. The van der Waals surface area contributed by atoms with Gasteiger partial charge in [0.2, 0.25) is 0 Å². The number of nitrogens with two attached hydrogens (primary N) is 1. The molecule has 1 heterocycles. The van der Waals surface area contributed by atoms with Crippen LogP contribution in [0.3, 0.4) is 0 Å². The van der Waals surface area contributed by atoms with Gasteiger partial charge in [-0.05, 0) is 24.1 Å². The van der Waals surface area contributed by atoms with Gasteiger partial charge >= 0.3 is 0 Å². The van der Waals surface area contributed by atoms with Crippen LogP contribution >= 0.6 is 0 Å². The predicted molar refractivity (Wildman–Crippen MR) is 69.9 cm³/mol. The fourth-order valence-electron chi connectivity index (χ4n) is 2.06. The number of fused-ring (bicyclic) bond motifs is 1. The van der Waals surface area contributed by atoms with Crippen molar-refractivity contribution in [3.8, 4) is 0 Å². The molecular formula is C14H16N2. The lowest BCUT2D eigenvalue weighted by Crippen LogP contribution is -2.35. The number of hydrazine groups is 1. The number of hydrogen-bond donors (Lipinski definition) is 1. The quantitative estimate of drug-likeness (QED) is 0.764. The zero-order valence-corrected chi connectivity index (χ0v) is 9.48. The minimum Gasteiger partial charge on any atom is -0.306 e. The smallest absolute Gasteiger partial charge is 0.0599 e. The first-order chi connectivity index (χ1) is 7.77. The standard InChI is InChI=1S/C14H16N2/c1-3-7-11-10-16(15)14-9-6-5-8-13(14)12(11)4-2/h3-9H,2,10,15H2,1H3/b7-3-. The van der Waals surface area contributed by atoms with Crippen LogP contribution in [0.4, 0.5) is 5.69 Å². The Hall–Kier alpha value is -1.80. The van der Waals surface area contributed by atoms with E-state index in [-0.39, 0.29) is 0 Å². The lowest BCUT2D eigenvalue weighted by atomic mass is 9.94. The van der Waals surface area contributed by atoms with E-state index in [0.29, 0.717) is 0 Å². The van der Waals surface area contributed by atoms with Gasteiger partial charge in [-0.3, -0.25) is 0 Å². The lowest BCUT2D eigenvalue weighted by molar-refractivity contribution is 0.906. The monoisotopic (exact) mass is 212 g/mol. The molecule has 0 aliphatic carbocycles. The van der Waals surface area contributed by atoms with Crippen LogP contribution < -0.4 is 10.9 Å². The largest absolute Gasteiger partial charge is 0.306 e. The molecule has 82 valence electrons. The Labute approximate surface area is 96.3 Å². The first kappa shape index (κ1) is 10.7. The lowest BCUT2D eigenvalue weighted by Gasteiger charge is -2.29. The molecule has 0 spiro atoms. The fraction of sp³-hybridized carbons (Fsp3) is 0.143. The van der Waals surface area contributed by atoms with Gasteiger partial charge in [-0.2, -0.15) is 0 Å². The average molecular weight is 212 g/mol. The van der Waals surface area contributed by atoms with Crippen LogP contribution in [-0.4, -0.2) is 6.54 Å². The highest BCUT2D eigenvalue weighted by Gasteiger charge is 2.18. The molecule has 2 N–H and O–H groups in total. The molecule has 1 aliphatic rings. The Kier molecular flexibility index (Phi) is 2.93. The number of para-hydroxylation sites is 1. The van der Waals surface area contributed by atoms with E-state index in [1.807, 2.05) is 37.3 Å². The first-order valence-corrected chi connectivity index (χ1v) is 5.38. The molecule has 2 nitrogen and oxygen atoms in total. The summed E-state index contributed by atoms with van der Waals surface area (Å²) in [5, 5.41) is 1.78. The minimum absolute atomic E-state index is 0.725. The van der Waals surface area contributed by atoms with Crippen molar-refractivity contribution in [3.05, 3.63) is 60.2 Å². The van der Waals surface area contributed by atoms with E-state index in [1.165, 1.54) is 11.1 Å². The molecule has 1 aromatic carbocycles. The Balaban J connectivity index is 2.63. The van der Waals surface area contributed by atoms with Gasteiger partial charge in [0.25, 0.3) is 0 Å². The van der Waals surface area contributed by atoms with E-state index in [9.17, 15) is 0 Å². The topological polar surface area (TPSA) is 29.3 Å². The van der Waals surface area contributed by atoms with Crippen LogP contribution in [0.15, 0.2) is 54.6 Å². The maximum atomic E-state index is 6.01. The summed E-state index contributed by atoms with van der Waals surface area (Å²) in [6.07, 6.45) is 6.02. The van der Waals surface area contributed by atoms with Gasteiger partial charge in [-0.25, -0.2) is 5.84 Å². The molecule has 0 radical (unpaired) electrons. The van der Waals surface area contributed by atoms with Crippen LogP contribution in [0.5, 0.6) is 0 Å². The van der Waals surface area contributed by atoms with E-state index in [1.54, 1.807) is 5.01 Å². The molecule has 2 rings (SSSR count). The average Bonchev–Trinajstić information content (AvgIpc) is 2.30. The van der Waals surface area contributed by atoms with Crippen LogP contribution in [0.1, 0.15) is 12.5 Å². The molecule has 16 heavy (non-hydrogen) atoms. The second-order valence-electron chi connectivity index (χ2n) is 3.79. The highest BCUT2D eigenvalue weighted by atomic mass is 15.4. The van der Waals surface area contributed by atoms with Crippen molar-refractivity contribution < 1.29 is 0 Å².